The lowest BCUT2D eigenvalue weighted by molar-refractivity contribution is 0.275. The Bertz CT molecular complexity index is 471. The molecule has 1 aliphatic rings. The van der Waals surface area contributed by atoms with E-state index in [-0.39, 0.29) is 6.61 Å². The van der Waals surface area contributed by atoms with Crippen LogP contribution in [-0.4, -0.2) is 14.5 Å². The van der Waals surface area contributed by atoms with Crippen LogP contribution in [0.15, 0.2) is 24.7 Å². The Morgan fingerprint density at radius 1 is 1.43 bits per heavy atom. The van der Waals surface area contributed by atoms with Gasteiger partial charge in [-0.15, -0.1) is 0 Å². The summed E-state index contributed by atoms with van der Waals surface area (Å²) in [4.78, 5) is 4.08. The van der Waals surface area contributed by atoms with Crippen molar-refractivity contribution >= 4 is 5.52 Å². The van der Waals surface area contributed by atoms with Crippen LogP contribution in [0.5, 0.6) is 0 Å². The molecule has 0 aliphatic heterocycles. The molecule has 3 heteroatoms. The highest BCUT2D eigenvalue weighted by Crippen LogP contribution is 2.40. The molecule has 0 radical (unpaired) electrons. The topological polar surface area (TPSA) is 37.5 Å². The van der Waals surface area contributed by atoms with Crippen LogP contribution in [0.2, 0.25) is 0 Å². The van der Waals surface area contributed by atoms with Crippen LogP contribution in [0.25, 0.3) is 5.52 Å². The van der Waals surface area contributed by atoms with Crippen molar-refractivity contribution in [3.05, 3.63) is 35.9 Å². The highest BCUT2D eigenvalue weighted by molar-refractivity contribution is 5.50. The number of pyridine rings is 1. The van der Waals surface area contributed by atoms with Gasteiger partial charge in [-0.2, -0.15) is 0 Å². The Morgan fingerprint density at radius 2 is 2.29 bits per heavy atom. The number of aliphatic hydroxyl groups is 1. The van der Waals surface area contributed by atoms with Gasteiger partial charge in [-0.1, -0.05) is 0 Å². The molecule has 0 atom stereocenters. The lowest BCUT2D eigenvalue weighted by Crippen LogP contribution is -1.97. The normalized spacial score (nSPS) is 16.4. The fourth-order valence-electron chi connectivity index (χ4n) is 1.90. The lowest BCUT2D eigenvalue weighted by Gasteiger charge is -2.05. The highest BCUT2D eigenvalue weighted by Gasteiger charge is 2.24. The summed E-state index contributed by atoms with van der Waals surface area (Å²) in [5.74, 6) is 0.722. The Labute approximate surface area is 82.0 Å². The summed E-state index contributed by atoms with van der Waals surface area (Å²) >= 11 is 0. The number of rotatable bonds is 2. The SMILES string of the molecule is OCc1cc(C2CC2)cc2cncn12. The van der Waals surface area contributed by atoms with Crippen LogP contribution in [0.1, 0.15) is 30.0 Å². The van der Waals surface area contributed by atoms with Crippen molar-refractivity contribution in [3.63, 3.8) is 0 Å². The predicted octanol–water partition coefficient (Wildman–Crippen LogP) is 1.70. The van der Waals surface area contributed by atoms with Crippen molar-refractivity contribution in [1.29, 1.82) is 0 Å². The first kappa shape index (κ1) is 8.00. The van der Waals surface area contributed by atoms with Gasteiger partial charge in [0.05, 0.1) is 24.6 Å². The lowest BCUT2D eigenvalue weighted by atomic mass is 10.1. The Balaban J connectivity index is 2.23. The second-order valence-electron chi connectivity index (χ2n) is 3.90. The third-order valence-electron chi connectivity index (χ3n) is 2.84. The van der Waals surface area contributed by atoms with E-state index in [2.05, 4.69) is 17.1 Å². The average molecular weight is 188 g/mol. The molecule has 0 spiro atoms. The molecule has 2 heterocycles. The maximum Gasteiger partial charge on any atom is 0.0995 e. The Kier molecular flexibility index (Phi) is 1.61. The van der Waals surface area contributed by atoms with E-state index in [0.29, 0.717) is 0 Å². The van der Waals surface area contributed by atoms with E-state index >= 15 is 0 Å². The third kappa shape index (κ3) is 1.13. The molecular formula is C11H12N2O. The van der Waals surface area contributed by atoms with Gasteiger partial charge in [-0.25, -0.2) is 4.98 Å². The van der Waals surface area contributed by atoms with Crippen molar-refractivity contribution in [2.75, 3.05) is 0 Å². The van der Waals surface area contributed by atoms with E-state index in [1.165, 1.54) is 18.4 Å². The van der Waals surface area contributed by atoms with E-state index in [0.717, 1.165) is 17.1 Å². The van der Waals surface area contributed by atoms with Gasteiger partial charge in [-0.3, -0.25) is 0 Å². The van der Waals surface area contributed by atoms with Crippen LogP contribution < -0.4 is 0 Å². The predicted molar refractivity (Wildman–Crippen MR) is 53.1 cm³/mol. The molecule has 2 aromatic heterocycles. The van der Waals surface area contributed by atoms with E-state index in [1.54, 1.807) is 6.33 Å². The molecule has 2 aromatic rings. The zero-order valence-corrected chi connectivity index (χ0v) is 7.85. The summed E-state index contributed by atoms with van der Waals surface area (Å²) in [6.07, 6.45) is 6.16. The number of fused-ring (bicyclic) bond motifs is 1. The zero-order chi connectivity index (χ0) is 9.54. The number of imidazole rings is 1. The first-order valence-electron chi connectivity index (χ1n) is 4.94. The van der Waals surface area contributed by atoms with Crippen LogP contribution in [-0.2, 0) is 6.61 Å². The summed E-state index contributed by atoms with van der Waals surface area (Å²) < 4.78 is 1.94. The smallest absolute Gasteiger partial charge is 0.0995 e. The second-order valence-corrected chi connectivity index (χ2v) is 3.90. The number of hydrogen-bond acceptors (Lipinski definition) is 2. The maximum atomic E-state index is 9.23. The van der Waals surface area contributed by atoms with Gasteiger partial charge in [0.1, 0.15) is 0 Å². The summed E-state index contributed by atoms with van der Waals surface area (Å²) in [7, 11) is 0. The fraction of sp³-hybridized carbons (Fsp3) is 0.364. The molecule has 3 rings (SSSR count). The van der Waals surface area contributed by atoms with Gasteiger partial charge in [-0.05, 0) is 36.5 Å². The fourth-order valence-corrected chi connectivity index (χ4v) is 1.90. The van der Waals surface area contributed by atoms with Gasteiger partial charge in [0.2, 0.25) is 0 Å². The molecule has 0 unspecified atom stereocenters. The summed E-state index contributed by atoms with van der Waals surface area (Å²) in [6.45, 7) is 0.0768. The largest absolute Gasteiger partial charge is 0.390 e. The van der Waals surface area contributed by atoms with E-state index in [4.69, 9.17) is 0 Å². The molecule has 0 bridgehead atoms. The quantitative estimate of drug-likeness (QED) is 0.779. The monoisotopic (exact) mass is 188 g/mol. The van der Waals surface area contributed by atoms with Crippen molar-refractivity contribution in [1.82, 2.24) is 9.38 Å². The minimum absolute atomic E-state index is 0.0768. The van der Waals surface area contributed by atoms with E-state index in [9.17, 15) is 5.11 Å². The molecule has 1 N–H and O–H groups in total. The van der Waals surface area contributed by atoms with Gasteiger partial charge in [0, 0.05) is 5.69 Å². The minimum Gasteiger partial charge on any atom is -0.390 e. The van der Waals surface area contributed by atoms with Gasteiger partial charge in [0.15, 0.2) is 0 Å². The molecule has 1 saturated carbocycles. The summed E-state index contributed by atoms with van der Waals surface area (Å²) in [6, 6.07) is 4.26. The average Bonchev–Trinajstić information content (AvgIpc) is 2.95. The molecular weight excluding hydrogens is 176 g/mol. The molecule has 0 saturated heterocycles. The van der Waals surface area contributed by atoms with E-state index in [1.807, 2.05) is 10.6 Å². The number of hydrogen-bond donors (Lipinski definition) is 1. The Morgan fingerprint density at radius 3 is 3.00 bits per heavy atom. The highest BCUT2D eigenvalue weighted by atomic mass is 16.3. The van der Waals surface area contributed by atoms with Crippen LogP contribution >= 0.6 is 0 Å². The first-order valence-corrected chi connectivity index (χ1v) is 4.94. The van der Waals surface area contributed by atoms with Crippen molar-refractivity contribution in [2.24, 2.45) is 0 Å². The van der Waals surface area contributed by atoms with Crippen LogP contribution in [0.4, 0.5) is 0 Å². The first-order chi connectivity index (χ1) is 6.88. The molecule has 3 nitrogen and oxygen atoms in total. The number of nitrogens with zero attached hydrogens (tertiary/aromatic N) is 2. The second kappa shape index (κ2) is 2.82. The van der Waals surface area contributed by atoms with E-state index < -0.39 is 0 Å². The molecule has 1 aliphatic carbocycles. The number of aliphatic hydroxyl groups excluding tert-OH is 1. The van der Waals surface area contributed by atoms with Crippen molar-refractivity contribution in [3.8, 4) is 0 Å². The summed E-state index contributed by atoms with van der Waals surface area (Å²) in [5.41, 5.74) is 3.36. The standard InChI is InChI=1S/C11H12N2O/c14-6-11-4-9(8-1-2-8)3-10-5-12-7-13(10)11/h3-5,7-8,14H,1-2,6H2. The zero-order valence-electron chi connectivity index (χ0n) is 7.85. The third-order valence-corrected chi connectivity index (χ3v) is 2.84. The van der Waals surface area contributed by atoms with Gasteiger partial charge >= 0.3 is 0 Å². The van der Waals surface area contributed by atoms with Crippen molar-refractivity contribution < 1.29 is 5.11 Å². The van der Waals surface area contributed by atoms with Crippen LogP contribution in [0, 0.1) is 0 Å². The molecule has 1 fully saturated rings. The van der Waals surface area contributed by atoms with Gasteiger partial charge in [0.25, 0.3) is 0 Å². The minimum atomic E-state index is 0.0768. The molecule has 0 aromatic carbocycles. The summed E-state index contributed by atoms with van der Waals surface area (Å²) in [5, 5.41) is 9.23. The molecule has 0 amide bonds. The van der Waals surface area contributed by atoms with Crippen LogP contribution in [0.3, 0.4) is 0 Å². The molecule has 72 valence electrons. The van der Waals surface area contributed by atoms with Gasteiger partial charge < -0.3 is 9.51 Å². The molecule has 14 heavy (non-hydrogen) atoms. The Hall–Kier alpha value is -1.35. The maximum absolute atomic E-state index is 9.23. The number of aromatic nitrogens is 2. The van der Waals surface area contributed by atoms with Crippen molar-refractivity contribution in [2.45, 2.75) is 25.4 Å².